The van der Waals surface area contributed by atoms with Gasteiger partial charge in [0.2, 0.25) is 0 Å². The monoisotopic (exact) mass is 482 g/mol. The molecule has 0 bridgehead atoms. The van der Waals surface area contributed by atoms with Gasteiger partial charge in [0.05, 0.1) is 36.4 Å². The van der Waals surface area contributed by atoms with Crippen LogP contribution in [0.3, 0.4) is 0 Å². The molecule has 2 N–H and O–H groups in total. The van der Waals surface area contributed by atoms with Crippen molar-refractivity contribution in [3.63, 3.8) is 0 Å². The Morgan fingerprint density at radius 1 is 1.03 bits per heavy atom. The van der Waals surface area contributed by atoms with Gasteiger partial charge in [0.15, 0.2) is 17.5 Å². The van der Waals surface area contributed by atoms with E-state index in [1.165, 1.54) is 4.31 Å². The number of halogens is 3. The lowest BCUT2D eigenvalue weighted by molar-refractivity contribution is 0.00716. The number of rotatable bonds is 5. The van der Waals surface area contributed by atoms with Gasteiger partial charge in [-0.05, 0) is 31.0 Å². The minimum Gasteiger partial charge on any atom is -0.393 e. The predicted molar refractivity (Wildman–Crippen MR) is 114 cm³/mol. The van der Waals surface area contributed by atoms with Crippen LogP contribution in [0.15, 0.2) is 30.3 Å². The van der Waals surface area contributed by atoms with Gasteiger partial charge in [0.25, 0.3) is 0 Å². The molecular formula is C21H21F3N4O4S. The smallest absolute Gasteiger partial charge is 0.323 e. The van der Waals surface area contributed by atoms with Crippen LogP contribution >= 0.6 is 0 Å². The van der Waals surface area contributed by atoms with E-state index >= 15 is 0 Å². The van der Waals surface area contributed by atoms with Gasteiger partial charge in [-0.3, -0.25) is 0 Å². The molecule has 0 amide bonds. The van der Waals surface area contributed by atoms with Gasteiger partial charge in [0.1, 0.15) is 0 Å². The summed E-state index contributed by atoms with van der Waals surface area (Å²) >= 11 is 0. The molecule has 0 aliphatic carbocycles. The SMILES string of the molecule is O=S(=O)(N1CCC(O)CC1)n1nc(C2COC2)c2cc(Nc3cc(F)c(F)c(F)c3)ccc21. The highest BCUT2D eigenvalue weighted by atomic mass is 32.2. The van der Waals surface area contributed by atoms with Gasteiger partial charge in [-0.25, -0.2) is 13.2 Å². The minimum atomic E-state index is -3.97. The Hall–Kier alpha value is -2.67. The van der Waals surface area contributed by atoms with E-state index in [1.807, 2.05) is 0 Å². The van der Waals surface area contributed by atoms with Gasteiger partial charge in [-0.1, -0.05) is 0 Å². The van der Waals surface area contributed by atoms with Gasteiger partial charge < -0.3 is 15.2 Å². The van der Waals surface area contributed by atoms with Gasteiger partial charge in [-0.15, -0.1) is 4.09 Å². The second kappa shape index (κ2) is 8.28. The first-order valence-electron chi connectivity index (χ1n) is 10.4. The highest BCUT2D eigenvalue weighted by molar-refractivity contribution is 7.87. The Kier molecular flexibility index (Phi) is 5.55. The number of piperidine rings is 1. The lowest BCUT2D eigenvalue weighted by atomic mass is 10.0. The lowest BCUT2D eigenvalue weighted by Gasteiger charge is -2.28. The fraction of sp³-hybridized carbons (Fsp3) is 0.381. The number of benzene rings is 2. The summed E-state index contributed by atoms with van der Waals surface area (Å²) in [6, 6.07) is 6.42. The Balaban J connectivity index is 1.54. The molecule has 176 valence electrons. The van der Waals surface area contributed by atoms with Crippen molar-refractivity contribution in [3.8, 4) is 0 Å². The van der Waals surface area contributed by atoms with E-state index in [2.05, 4.69) is 10.4 Å². The number of hydrogen-bond acceptors (Lipinski definition) is 6. The maximum atomic E-state index is 13.6. The van der Waals surface area contributed by atoms with Gasteiger partial charge >= 0.3 is 10.2 Å². The van der Waals surface area contributed by atoms with E-state index in [-0.39, 0.29) is 24.7 Å². The fourth-order valence-corrected chi connectivity index (χ4v) is 5.53. The topological polar surface area (TPSA) is 96.7 Å². The van der Waals surface area contributed by atoms with E-state index < -0.39 is 33.8 Å². The maximum absolute atomic E-state index is 13.6. The molecule has 0 radical (unpaired) electrons. The molecule has 2 aliphatic rings. The molecule has 0 spiro atoms. The van der Waals surface area contributed by atoms with Crippen LogP contribution in [-0.4, -0.2) is 59.4 Å². The van der Waals surface area contributed by atoms with Crippen molar-refractivity contribution in [2.45, 2.75) is 24.9 Å². The second-order valence-electron chi connectivity index (χ2n) is 8.21. The summed E-state index contributed by atoms with van der Waals surface area (Å²) in [4.78, 5) is 0. The summed E-state index contributed by atoms with van der Waals surface area (Å²) in [5.74, 6) is -4.30. The van der Waals surface area contributed by atoms with Crippen LogP contribution in [0.2, 0.25) is 0 Å². The van der Waals surface area contributed by atoms with E-state index in [0.717, 1.165) is 16.2 Å². The minimum absolute atomic E-state index is 0.00571. The van der Waals surface area contributed by atoms with Crippen LogP contribution in [-0.2, 0) is 14.9 Å². The fourth-order valence-electron chi connectivity index (χ4n) is 4.04. The molecule has 12 heteroatoms. The first kappa shape index (κ1) is 22.1. The number of aliphatic hydroxyl groups excluding tert-OH is 1. The van der Waals surface area contributed by atoms with Crippen LogP contribution in [0, 0.1) is 17.5 Å². The third-order valence-electron chi connectivity index (χ3n) is 5.94. The summed E-state index contributed by atoms with van der Waals surface area (Å²) in [6.07, 6.45) is 0.171. The lowest BCUT2D eigenvalue weighted by Crippen LogP contribution is -2.43. The number of aliphatic hydroxyl groups is 1. The van der Waals surface area contributed by atoms with Crippen molar-refractivity contribution in [2.24, 2.45) is 0 Å². The van der Waals surface area contributed by atoms with Crippen LogP contribution in [0.1, 0.15) is 24.5 Å². The summed E-state index contributed by atoms with van der Waals surface area (Å²) in [5.41, 5.74) is 1.32. The summed E-state index contributed by atoms with van der Waals surface area (Å²) in [5, 5.41) is 17.5. The summed E-state index contributed by atoms with van der Waals surface area (Å²) in [7, 11) is -3.97. The number of fused-ring (bicyclic) bond motifs is 1. The molecule has 2 saturated heterocycles. The zero-order valence-corrected chi connectivity index (χ0v) is 18.2. The molecule has 3 aromatic rings. The molecule has 0 unspecified atom stereocenters. The highest BCUT2D eigenvalue weighted by Crippen LogP contribution is 2.34. The van der Waals surface area contributed by atoms with Gasteiger partial charge in [-0.2, -0.15) is 17.8 Å². The number of ether oxygens (including phenoxy) is 1. The van der Waals surface area contributed by atoms with Crippen molar-refractivity contribution in [3.05, 3.63) is 53.5 Å². The quantitative estimate of drug-likeness (QED) is 0.543. The molecular weight excluding hydrogens is 461 g/mol. The van der Waals surface area contributed by atoms with Crippen molar-refractivity contribution in [1.29, 1.82) is 0 Å². The normalized spacial score (nSPS) is 18.5. The number of aromatic nitrogens is 2. The van der Waals surface area contributed by atoms with Crippen molar-refractivity contribution < 1.29 is 31.4 Å². The molecule has 8 nitrogen and oxygen atoms in total. The van der Waals surface area contributed by atoms with Crippen LogP contribution in [0.4, 0.5) is 24.5 Å². The Labute approximate surface area is 187 Å². The first-order valence-corrected chi connectivity index (χ1v) is 11.8. The van der Waals surface area contributed by atoms with Crippen LogP contribution in [0.5, 0.6) is 0 Å². The van der Waals surface area contributed by atoms with E-state index in [4.69, 9.17) is 4.74 Å². The molecule has 2 aliphatic heterocycles. The van der Waals surface area contributed by atoms with E-state index in [0.29, 0.717) is 48.3 Å². The van der Waals surface area contributed by atoms with E-state index in [9.17, 15) is 26.7 Å². The largest absolute Gasteiger partial charge is 0.393 e. The Morgan fingerprint density at radius 2 is 1.70 bits per heavy atom. The Morgan fingerprint density at radius 3 is 2.30 bits per heavy atom. The summed E-state index contributed by atoms with van der Waals surface area (Å²) in [6.45, 7) is 1.17. The first-order chi connectivity index (χ1) is 15.7. The van der Waals surface area contributed by atoms with Crippen molar-refractivity contribution in [2.75, 3.05) is 31.6 Å². The molecule has 5 rings (SSSR count). The average Bonchev–Trinajstić information content (AvgIpc) is 3.10. The molecule has 33 heavy (non-hydrogen) atoms. The number of hydrogen-bond donors (Lipinski definition) is 2. The van der Waals surface area contributed by atoms with Crippen molar-refractivity contribution in [1.82, 2.24) is 13.5 Å². The maximum Gasteiger partial charge on any atom is 0.323 e. The molecule has 0 atom stereocenters. The molecule has 2 fully saturated rings. The molecule has 3 heterocycles. The molecule has 1 aromatic heterocycles. The second-order valence-corrected chi connectivity index (χ2v) is 9.97. The van der Waals surface area contributed by atoms with Gasteiger partial charge in [0, 0.05) is 42.0 Å². The Bertz CT molecular complexity index is 1300. The zero-order valence-electron chi connectivity index (χ0n) is 17.3. The van der Waals surface area contributed by atoms with Crippen LogP contribution < -0.4 is 5.32 Å². The molecule has 2 aromatic carbocycles. The highest BCUT2D eigenvalue weighted by Gasteiger charge is 2.34. The van der Waals surface area contributed by atoms with E-state index in [1.54, 1.807) is 18.2 Å². The number of nitrogens with zero attached hydrogens (tertiary/aromatic N) is 3. The zero-order chi connectivity index (χ0) is 23.3. The average molecular weight is 482 g/mol. The number of anilines is 2. The number of nitrogens with one attached hydrogen (secondary N) is 1. The summed E-state index contributed by atoms with van der Waals surface area (Å²) < 4.78 is 74.6. The van der Waals surface area contributed by atoms with Crippen LogP contribution in [0.25, 0.3) is 10.9 Å². The molecule has 0 saturated carbocycles. The predicted octanol–water partition coefficient (Wildman–Crippen LogP) is 2.86. The van der Waals surface area contributed by atoms with Crippen molar-refractivity contribution >= 4 is 32.5 Å². The standard InChI is InChI=1S/C21H21F3N4O4S/c22-17-8-14(9-18(23)20(17)24)25-13-1-2-19-16(7-13)21(12-10-32-11-12)26-28(19)33(30,31)27-5-3-15(29)4-6-27/h1-2,7-9,12,15,25,29H,3-6,10-11H2. The third-order valence-corrected chi connectivity index (χ3v) is 7.68. The third kappa shape index (κ3) is 3.97.